The van der Waals surface area contributed by atoms with E-state index in [0.29, 0.717) is 0 Å². The van der Waals surface area contributed by atoms with Crippen LogP contribution >= 0.6 is 0 Å². The topological polar surface area (TPSA) is 54.3 Å². The van der Waals surface area contributed by atoms with Gasteiger partial charge in [0.2, 0.25) is 0 Å². The molecule has 2 heterocycles. The molecule has 1 atom stereocenters. The van der Waals surface area contributed by atoms with Crippen molar-refractivity contribution in [2.24, 2.45) is 10.7 Å². The van der Waals surface area contributed by atoms with Crippen LogP contribution in [0, 0.1) is 6.92 Å². The maximum Gasteiger partial charge on any atom is 0.178 e. The maximum atomic E-state index is 6.39. The Bertz CT molecular complexity index is 484. The Kier molecular flexibility index (Phi) is 5.51. The minimum Gasteiger partial charge on any atom is -1.00 e. The summed E-state index contributed by atoms with van der Waals surface area (Å²) in [5, 5.41) is 3.04. The zero-order valence-electron chi connectivity index (χ0n) is 11.4. The van der Waals surface area contributed by atoms with Gasteiger partial charge in [0.15, 0.2) is 18.4 Å². The van der Waals surface area contributed by atoms with E-state index in [1.54, 1.807) is 6.34 Å². The maximum absolute atomic E-state index is 6.39. The molecule has 1 aromatic rings. The summed E-state index contributed by atoms with van der Waals surface area (Å²) in [6.07, 6.45) is 7.61. The second kappa shape index (κ2) is 6.68. The fourth-order valence-corrected chi connectivity index (χ4v) is 2.21. The molecule has 0 amide bonds. The number of nitrogens with two attached hydrogens (primary N) is 1. The molecule has 0 saturated carbocycles. The molecule has 1 aliphatic heterocycles. The van der Waals surface area contributed by atoms with Gasteiger partial charge in [-0.05, 0) is 6.42 Å². The molecular weight excluding hydrogens is 260 g/mol. The van der Waals surface area contributed by atoms with Crippen molar-refractivity contribution in [1.82, 2.24) is 5.32 Å². The highest BCUT2D eigenvalue weighted by atomic mass is 35.5. The summed E-state index contributed by atoms with van der Waals surface area (Å²) in [6, 6.07) is 6.17. The van der Waals surface area contributed by atoms with Gasteiger partial charge in [0.1, 0.15) is 5.66 Å². The molecule has 1 unspecified atom stereocenters. The highest BCUT2D eigenvalue weighted by Gasteiger charge is 2.32. The molecule has 0 radical (unpaired) electrons. The van der Waals surface area contributed by atoms with Crippen molar-refractivity contribution in [3.8, 4) is 0 Å². The van der Waals surface area contributed by atoms with Gasteiger partial charge in [-0.2, -0.15) is 4.57 Å². The third-order valence-corrected chi connectivity index (χ3v) is 3.32. The van der Waals surface area contributed by atoms with Crippen molar-refractivity contribution in [2.75, 3.05) is 0 Å². The summed E-state index contributed by atoms with van der Waals surface area (Å²) in [6.45, 7) is 5.00. The van der Waals surface area contributed by atoms with Crippen LogP contribution in [0.3, 0.4) is 0 Å². The lowest BCUT2D eigenvalue weighted by molar-refractivity contribution is -0.695. The molecule has 0 aliphatic carbocycles. The van der Waals surface area contributed by atoms with Crippen molar-refractivity contribution in [1.29, 1.82) is 0 Å². The minimum absolute atomic E-state index is 0. The van der Waals surface area contributed by atoms with Crippen LogP contribution in [0.4, 0.5) is 0 Å². The first-order chi connectivity index (χ1) is 8.65. The van der Waals surface area contributed by atoms with Crippen molar-refractivity contribution < 1.29 is 17.0 Å². The van der Waals surface area contributed by atoms with Crippen LogP contribution in [0.2, 0.25) is 0 Å². The third kappa shape index (κ3) is 3.55. The minimum atomic E-state index is -0.560. The molecule has 0 bridgehead atoms. The molecule has 5 heteroatoms. The first-order valence-electron chi connectivity index (χ1n) is 6.39. The number of nitrogens with zero attached hydrogens (tertiary/aromatic N) is 2. The molecule has 4 nitrogen and oxygen atoms in total. The lowest BCUT2D eigenvalue weighted by Crippen LogP contribution is -3.00. The lowest BCUT2D eigenvalue weighted by atomic mass is 9.95. The smallest absolute Gasteiger partial charge is 0.178 e. The summed E-state index contributed by atoms with van der Waals surface area (Å²) in [7, 11) is 0. The molecule has 3 N–H and O–H groups in total. The van der Waals surface area contributed by atoms with E-state index < -0.39 is 5.66 Å². The van der Waals surface area contributed by atoms with Gasteiger partial charge in [-0.3, -0.25) is 0 Å². The van der Waals surface area contributed by atoms with Gasteiger partial charge < -0.3 is 23.5 Å². The fourth-order valence-electron chi connectivity index (χ4n) is 2.21. The van der Waals surface area contributed by atoms with Crippen molar-refractivity contribution >= 4 is 6.34 Å². The fraction of sp³-hybridized carbons (Fsp3) is 0.429. The van der Waals surface area contributed by atoms with Gasteiger partial charge in [0.05, 0.1) is 11.9 Å². The second-order valence-corrected chi connectivity index (χ2v) is 4.74. The van der Waals surface area contributed by atoms with Gasteiger partial charge >= 0.3 is 0 Å². The van der Waals surface area contributed by atoms with Crippen LogP contribution in [-0.2, 0) is 6.54 Å². The zero-order valence-corrected chi connectivity index (χ0v) is 12.2. The van der Waals surface area contributed by atoms with Gasteiger partial charge in [0.25, 0.3) is 0 Å². The van der Waals surface area contributed by atoms with Crippen LogP contribution in [-0.4, -0.2) is 12.0 Å². The molecule has 0 spiro atoms. The van der Waals surface area contributed by atoms with Crippen LogP contribution < -0.4 is 28.0 Å². The molecular formula is C14H21ClN4. The number of pyridine rings is 1. The van der Waals surface area contributed by atoms with E-state index >= 15 is 0 Å². The zero-order chi connectivity index (χ0) is 13.0. The first-order valence-corrected chi connectivity index (χ1v) is 6.39. The normalized spacial score (nSPS) is 21.3. The predicted molar refractivity (Wildman–Crippen MR) is 72.9 cm³/mol. The van der Waals surface area contributed by atoms with E-state index in [9.17, 15) is 0 Å². The number of aromatic nitrogens is 1. The van der Waals surface area contributed by atoms with E-state index in [-0.39, 0.29) is 12.4 Å². The van der Waals surface area contributed by atoms with Crippen molar-refractivity contribution in [3.05, 3.63) is 41.9 Å². The third-order valence-electron chi connectivity index (χ3n) is 3.32. The Hall–Kier alpha value is -1.39. The van der Waals surface area contributed by atoms with E-state index in [1.807, 2.05) is 18.3 Å². The SMILES string of the molecule is CCCC1(N)N=CNC=C1C[n+]1ccccc1C.[Cl-]. The van der Waals surface area contributed by atoms with E-state index in [1.165, 1.54) is 5.69 Å². The summed E-state index contributed by atoms with van der Waals surface area (Å²) < 4.78 is 2.19. The number of rotatable bonds is 4. The van der Waals surface area contributed by atoms with E-state index in [4.69, 9.17) is 5.73 Å². The van der Waals surface area contributed by atoms with Gasteiger partial charge in [0, 0.05) is 25.3 Å². The Balaban J connectivity index is 0.00000180. The van der Waals surface area contributed by atoms with Crippen molar-refractivity contribution in [2.45, 2.75) is 38.9 Å². The molecule has 0 saturated heterocycles. The van der Waals surface area contributed by atoms with Crippen LogP contribution in [0.15, 0.2) is 41.2 Å². The Morgan fingerprint density at radius 3 is 2.89 bits per heavy atom. The number of aryl methyl sites for hydroxylation is 1. The molecule has 1 aliphatic rings. The number of hydrogen-bond acceptors (Lipinski definition) is 3. The molecule has 0 fully saturated rings. The number of halogens is 1. The Morgan fingerprint density at radius 2 is 2.21 bits per heavy atom. The summed E-state index contributed by atoms with van der Waals surface area (Å²) in [4.78, 5) is 4.42. The van der Waals surface area contributed by atoms with Gasteiger partial charge in [-0.25, -0.2) is 4.99 Å². The predicted octanol–water partition coefficient (Wildman–Crippen LogP) is -1.74. The van der Waals surface area contributed by atoms with Crippen LogP contribution in [0.5, 0.6) is 0 Å². The number of hydrogen-bond donors (Lipinski definition) is 2. The average Bonchev–Trinajstić information content (AvgIpc) is 2.35. The first kappa shape index (κ1) is 15.7. The van der Waals surface area contributed by atoms with Crippen molar-refractivity contribution in [3.63, 3.8) is 0 Å². The highest BCUT2D eigenvalue weighted by Crippen LogP contribution is 2.23. The molecule has 104 valence electrons. The number of nitrogens with one attached hydrogen (secondary N) is 1. The Labute approximate surface area is 120 Å². The summed E-state index contributed by atoms with van der Waals surface area (Å²) in [5.41, 5.74) is 8.16. The number of aliphatic imine (C=N–C) groups is 1. The van der Waals surface area contributed by atoms with Crippen LogP contribution in [0.1, 0.15) is 25.5 Å². The summed E-state index contributed by atoms with van der Waals surface area (Å²) >= 11 is 0. The molecule has 1 aromatic heterocycles. The van der Waals surface area contributed by atoms with E-state index in [0.717, 1.165) is 25.0 Å². The largest absolute Gasteiger partial charge is 1.00 e. The standard InChI is InChI=1S/C14H21N4.ClH/c1-3-7-14(15)13(9-16-11-17-14)10-18-8-5-4-6-12(18)2;/h4-6,8-9,11H,3,7,10,15H2,1-2H3,(H,16,17);1H/q+1;/p-1. The second-order valence-electron chi connectivity index (χ2n) is 4.74. The summed E-state index contributed by atoms with van der Waals surface area (Å²) in [5.74, 6) is 0. The molecule has 19 heavy (non-hydrogen) atoms. The van der Waals surface area contributed by atoms with E-state index in [2.05, 4.69) is 41.0 Å². The highest BCUT2D eigenvalue weighted by molar-refractivity contribution is 5.59. The lowest BCUT2D eigenvalue weighted by Gasteiger charge is -2.28. The molecule has 0 aromatic carbocycles. The van der Waals surface area contributed by atoms with Gasteiger partial charge in [-0.1, -0.05) is 19.4 Å². The average molecular weight is 281 g/mol. The monoisotopic (exact) mass is 280 g/mol. The quantitative estimate of drug-likeness (QED) is 0.643. The molecule has 2 rings (SSSR count). The van der Waals surface area contributed by atoms with Gasteiger partial charge in [-0.15, -0.1) is 0 Å². The Morgan fingerprint density at radius 1 is 1.42 bits per heavy atom. The van der Waals surface area contributed by atoms with Crippen LogP contribution in [0.25, 0.3) is 0 Å².